The van der Waals surface area contributed by atoms with E-state index in [-0.39, 0.29) is 35.8 Å². The Kier molecular flexibility index (Phi) is 7.33. The fraction of sp³-hybridized carbons (Fsp3) is 0.152. The van der Waals surface area contributed by atoms with Gasteiger partial charge in [-0.05, 0) is 85.1 Å². The molecule has 1 fully saturated rings. The van der Waals surface area contributed by atoms with Crippen LogP contribution < -0.4 is 20.7 Å². The second-order valence-corrected chi connectivity index (χ2v) is 10.2. The third kappa shape index (κ3) is 5.54. The van der Waals surface area contributed by atoms with Crippen LogP contribution in [0.5, 0.6) is 5.75 Å². The van der Waals surface area contributed by atoms with Crippen molar-refractivity contribution in [3.8, 4) is 28.2 Å². The van der Waals surface area contributed by atoms with Crippen LogP contribution in [0, 0.1) is 5.82 Å². The molecule has 3 aromatic carbocycles. The molecule has 6 rings (SSSR count). The number of pyridine rings is 1. The summed E-state index contributed by atoms with van der Waals surface area (Å²) >= 11 is 0. The lowest BCUT2D eigenvalue weighted by atomic mass is 9.98. The number of ether oxygens (including phenoxy) is 1. The number of nitrogens with one attached hydrogen (secondary N) is 1. The number of hydrogen-bond acceptors (Lipinski definition) is 6. The van der Waals surface area contributed by atoms with Gasteiger partial charge in [-0.2, -0.15) is 0 Å². The predicted molar refractivity (Wildman–Crippen MR) is 159 cm³/mol. The molecule has 2 heterocycles. The van der Waals surface area contributed by atoms with Crippen LogP contribution in [0.15, 0.2) is 89.5 Å². The molecule has 0 unspecified atom stereocenters. The Morgan fingerprint density at radius 2 is 1.79 bits per heavy atom. The largest absolute Gasteiger partial charge is 0.483 e. The number of furan rings is 1. The van der Waals surface area contributed by atoms with Gasteiger partial charge < -0.3 is 20.2 Å². The zero-order valence-corrected chi connectivity index (χ0v) is 23.2. The smallest absolute Gasteiger partial charge is 0.259 e. The van der Waals surface area contributed by atoms with E-state index in [1.165, 1.54) is 19.2 Å². The summed E-state index contributed by atoms with van der Waals surface area (Å²) in [5, 5.41) is 3.15. The van der Waals surface area contributed by atoms with Crippen LogP contribution in [0.1, 0.15) is 33.6 Å². The summed E-state index contributed by atoms with van der Waals surface area (Å²) in [6.45, 7) is -0.366. The minimum atomic E-state index is -0.655. The summed E-state index contributed by atoms with van der Waals surface area (Å²) in [6, 6.07) is 21.3. The monoisotopic (exact) mass is 578 g/mol. The summed E-state index contributed by atoms with van der Waals surface area (Å²) in [4.78, 5) is 44.6. The summed E-state index contributed by atoms with van der Waals surface area (Å²) in [6.07, 6.45) is 3.41. The molecule has 216 valence electrons. The highest BCUT2D eigenvalue weighted by Gasteiger charge is 2.35. The first kappa shape index (κ1) is 27.6. The van der Waals surface area contributed by atoms with Gasteiger partial charge in [0, 0.05) is 41.4 Å². The first-order chi connectivity index (χ1) is 20.8. The molecule has 9 nitrogen and oxygen atoms in total. The zero-order valence-electron chi connectivity index (χ0n) is 23.2. The van der Waals surface area contributed by atoms with Gasteiger partial charge in [0.15, 0.2) is 6.61 Å². The third-order valence-electron chi connectivity index (χ3n) is 7.18. The molecule has 1 aliphatic rings. The molecule has 1 aliphatic carbocycles. The van der Waals surface area contributed by atoms with Gasteiger partial charge in [0.25, 0.3) is 17.7 Å². The van der Waals surface area contributed by atoms with Gasteiger partial charge >= 0.3 is 0 Å². The number of fused-ring (bicyclic) bond motifs is 1. The third-order valence-corrected chi connectivity index (χ3v) is 7.18. The highest BCUT2D eigenvalue weighted by molar-refractivity contribution is 6.12. The number of halogens is 1. The van der Waals surface area contributed by atoms with Crippen molar-refractivity contribution in [1.29, 1.82) is 0 Å². The number of aromatic nitrogens is 1. The molecule has 10 heteroatoms. The number of carbonyl (C=O) groups excluding carboxylic acids is 3. The standard InChI is InChI=1S/C33H27FN4O5/c1-36-32(40)30-25-16-20(7-14-27(25)43-31(30)19-5-9-22(34)10-6-19)24-17-21(8-13-26(24)42-18-28(35)39)33(41)38(23-11-12-23)29-4-2-3-15-37-29/h2-10,13-17,23H,11-12,18H2,1H3,(H2,35,39)(H,36,40). The van der Waals surface area contributed by atoms with Crippen LogP contribution in [-0.4, -0.2) is 42.4 Å². The number of nitrogens with zero attached hydrogens (tertiary/aromatic N) is 2. The van der Waals surface area contributed by atoms with Crippen LogP contribution in [0.4, 0.5) is 10.2 Å². The summed E-state index contributed by atoms with van der Waals surface area (Å²) in [7, 11) is 1.51. The molecular formula is C33H27FN4O5. The molecule has 3 N–H and O–H groups in total. The maximum Gasteiger partial charge on any atom is 0.259 e. The molecular weight excluding hydrogens is 551 g/mol. The van der Waals surface area contributed by atoms with Gasteiger partial charge in [0.2, 0.25) is 0 Å². The number of hydrogen-bond donors (Lipinski definition) is 2. The Bertz CT molecular complexity index is 1850. The van der Waals surface area contributed by atoms with Crippen LogP contribution in [-0.2, 0) is 4.79 Å². The van der Waals surface area contributed by atoms with Crippen LogP contribution in [0.3, 0.4) is 0 Å². The predicted octanol–water partition coefficient (Wildman–Crippen LogP) is 5.33. The van der Waals surface area contributed by atoms with Gasteiger partial charge in [0.05, 0.1) is 5.56 Å². The maximum atomic E-state index is 13.8. The van der Waals surface area contributed by atoms with Crippen molar-refractivity contribution >= 4 is 34.5 Å². The zero-order chi connectivity index (χ0) is 30.1. The SMILES string of the molecule is CNC(=O)c1c(-c2ccc(F)cc2)oc2ccc(-c3cc(C(=O)N(c4ccccn4)C4CC4)ccc3OCC(N)=O)cc12. The fourth-order valence-corrected chi connectivity index (χ4v) is 5.01. The molecule has 0 bridgehead atoms. The summed E-state index contributed by atoms with van der Waals surface area (Å²) < 4.78 is 25.4. The Balaban J connectivity index is 1.48. The first-order valence-corrected chi connectivity index (χ1v) is 13.7. The Hall–Kier alpha value is -5.51. The second kappa shape index (κ2) is 11.4. The van der Waals surface area contributed by atoms with E-state index in [9.17, 15) is 18.8 Å². The number of amides is 3. The number of benzene rings is 3. The summed E-state index contributed by atoms with van der Waals surface area (Å²) in [5.41, 5.74) is 8.10. The summed E-state index contributed by atoms with van der Waals surface area (Å²) in [5.74, 6) is -0.501. The Morgan fingerprint density at radius 1 is 1.02 bits per heavy atom. The first-order valence-electron chi connectivity index (χ1n) is 13.7. The highest BCUT2D eigenvalue weighted by Crippen LogP contribution is 2.39. The van der Waals surface area contributed by atoms with Crippen LogP contribution >= 0.6 is 0 Å². The Labute approximate surface area is 246 Å². The van der Waals surface area contributed by atoms with Crippen molar-refractivity contribution in [2.45, 2.75) is 18.9 Å². The van der Waals surface area contributed by atoms with E-state index in [0.29, 0.717) is 44.8 Å². The number of anilines is 1. The lowest BCUT2D eigenvalue weighted by molar-refractivity contribution is -0.119. The van der Waals surface area contributed by atoms with Gasteiger partial charge in [-0.15, -0.1) is 0 Å². The molecule has 43 heavy (non-hydrogen) atoms. The number of primary amides is 1. The average Bonchev–Trinajstić information content (AvgIpc) is 3.79. The van der Waals surface area contributed by atoms with E-state index in [1.807, 2.05) is 6.07 Å². The van der Waals surface area contributed by atoms with E-state index < -0.39 is 11.7 Å². The van der Waals surface area contributed by atoms with Gasteiger partial charge in [-0.1, -0.05) is 12.1 Å². The van der Waals surface area contributed by atoms with Gasteiger partial charge in [-0.3, -0.25) is 19.3 Å². The second-order valence-electron chi connectivity index (χ2n) is 10.2. The van der Waals surface area contributed by atoms with E-state index in [2.05, 4.69) is 10.3 Å². The molecule has 0 aliphatic heterocycles. The van der Waals surface area contributed by atoms with Crippen molar-refractivity contribution in [3.63, 3.8) is 0 Å². The lowest BCUT2D eigenvalue weighted by Crippen LogP contribution is -2.33. The van der Waals surface area contributed by atoms with Crippen LogP contribution in [0.2, 0.25) is 0 Å². The number of nitrogens with two attached hydrogens (primary N) is 1. The van der Waals surface area contributed by atoms with Crippen molar-refractivity contribution < 1.29 is 27.9 Å². The number of carbonyl (C=O) groups is 3. The topological polar surface area (TPSA) is 128 Å². The molecule has 3 amide bonds. The lowest BCUT2D eigenvalue weighted by Gasteiger charge is -2.22. The van der Waals surface area contributed by atoms with Crippen molar-refractivity contribution in [2.24, 2.45) is 5.73 Å². The Morgan fingerprint density at radius 3 is 2.47 bits per heavy atom. The van der Waals surface area contributed by atoms with Crippen molar-refractivity contribution in [1.82, 2.24) is 10.3 Å². The minimum Gasteiger partial charge on any atom is -0.483 e. The fourth-order valence-electron chi connectivity index (χ4n) is 5.01. The van der Waals surface area contributed by atoms with Crippen molar-refractivity contribution in [2.75, 3.05) is 18.6 Å². The van der Waals surface area contributed by atoms with Crippen LogP contribution in [0.25, 0.3) is 33.4 Å². The average molecular weight is 579 g/mol. The van der Waals surface area contributed by atoms with Gasteiger partial charge in [0.1, 0.15) is 28.7 Å². The molecule has 0 radical (unpaired) electrons. The van der Waals surface area contributed by atoms with E-state index in [1.54, 1.807) is 71.8 Å². The maximum absolute atomic E-state index is 13.8. The normalized spacial score (nSPS) is 12.6. The number of rotatable bonds is 9. The molecule has 5 aromatic rings. The van der Waals surface area contributed by atoms with E-state index >= 15 is 0 Å². The van der Waals surface area contributed by atoms with Gasteiger partial charge in [-0.25, -0.2) is 9.37 Å². The molecule has 1 saturated carbocycles. The molecule has 0 atom stereocenters. The van der Waals surface area contributed by atoms with Crippen molar-refractivity contribution in [3.05, 3.63) is 102 Å². The minimum absolute atomic E-state index is 0.0546. The molecule has 0 spiro atoms. The highest BCUT2D eigenvalue weighted by atomic mass is 19.1. The van der Waals surface area contributed by atoms with E-state index in [0.717, 1.165) is 12.8 Å². The molecule has 0 saturated heterocycles. The quantitative estimate of drug-likeness (QED) is 0.243. The molecule has 2 aromatic heterocycles. The van der Waals surface area contributed by atoms with E-state index in [4.69, 9.17) is 14.9 Å².